The van der Waals surface area contributed by atoms with E-state index in [4.69, 9.17) is 10.5 Å². The van der Waals surface area contributed by atoms with Gasteiger partial charge in [-0.25, -0.2) is 4.79 Å². The predicted molar refractivity (Wildman–Crippen MR) is 54.9 cm³/mol. The van der Waals surface area contributed by atoms with Crippen molar-refractivity contribution in [1.29, 1.82) is 0 Å². The number of nitrogens with one attached hydrogen (secondary N) is 1. The second-order valence-electron chi connectivity index (χ2n) is 4.83. The maximum Gasteiger partial charge on any atom is 0.407 e. The van der Waals surface area contributed by atoms with Crippen LogP contribution in [0.4, 0.5) is 4.79 Å². The monoisotopic (exact) mass is 200 g/mol. The Kier molecular flexibility index (Phi) is 3.37. The second kappa shape index (κ2) is 4.17. The van der Waals surface area contributed by atoms with Crippen molar-refractivity contribution in [2.24, 2.45) is 11.7 Å². The third-order valence-electron chi connectivity index (χ3n) is 2.42. The Labute approximate surface area is 85.2 Å². The summed E-state index contributed by atoms with van der Waals surface area (Å²) in [5.41, 5.74) is 5.11. The quantitative estimate of drug-likeness (QED) is 0.705. The number of rotatable bonds is 2. The first kappa shape index (κ1) is 11.3. The lowest BCUT2D eigenvalue weighted by atomic mass is 9.80. The Morgan fingerprint density at radius 2 is 2.14 bits per heavy atom. The van der Waals surface area contributed by atoms with Crippen LogP contribution in [0.25, 0.3) is 0 Å². The van der Waals surface area contributed by atoms with E-state index in [1.807, 2.05) is 20.8 Å². The highest BCUT2D eigenvalue weighted by Gasteiger charge is 2.31. The van der Waals surface area contributed by atoms with E-state index < -0.39 is 5.60 Å². The van der Waals surface area contributed by atoms with Crippen LogP contribution in [0.2, 0.25) is 0 Å². The Balaban J connectivity index is 2.27. The number of nitrogens with two attached hydrogens (primary N) is 1. The Bertz CT molecular complexity index is 209. The summed E-state index contributed by atoms with van der Waals surface area (Å²) in [5.74, 6) is 0.433. The van der Waals surface area contributed by atoms with E-state index in [2.05, 4.69) is 5.32 Å². The van der Waals surface area contributed by atoms with E-state index in [1.165, 1.54) is 0 Å². The summed E-state index contributed by atoms with van der Waals surface area (Å²) in [4.78, 5) is 11.3. The molecule has 1 aliphatic rings. The van der Waals surface area contributed by atoms with E-state index in [-0.39, 0.29) is 12.1 Å². The molecule has 0 bridgehead atoms. The van der Waals surface area contributed by atoms with E-state index in [0.717, 1.165) is 12.8 Å². The smallest absolute Gasteiger partial charge is 0.407 e. The first-order valence-electron chi connectivity index (χ1n) is 5.12. The van der Waals surface area contributed by atoms with Crippen LogP contribution in [0, 0.1) is 5.92 Å². The Morgan fingerprint density at radius 1 is 1.50 bits per heavy atom. The highest BCUT2D eigenvalue weighted by Crippen LogP contribution is 2.26. The van der Waals surface area contributed by atoms with Crippen molar-refractivity contribution < 1.29 is 9.53 Å². The summed E-state index contributed by atoms with van der Waals surface area (Å²) in [6, 6.07) is 0.217. The molecule has 1 rings (SSSR count). The van der Waals surface area contributed by atoms with Crippen LogP contribution >= 0.6 is 0 Å². The number of hydrogen-bond acceptors (Lipinski definition) is 3. The average molecular weight is 200 g/mol. The zero-order valence-electron chi connectivity index (χ0n) is 9.17. The second-order valence-corrected chi connectivity index (χ2v) is 4.83. The van der Waals surface area contributed by atoms with Crippen molar-refractivity contribution in [3.8, 4) is 0 Å². The highest BCUT2D eigenvalue weighted by molar-refractivity contribution is 5.68. The number of ether oxygens (including phenoxy) is 1. The summed E-state index contributed by atoms with van der Waals surface area (Å²) in [5, 5.41) is 2.83. The average Bonchev–Trinajstić information content (AvgIpc) is 1.96. The lowest BCUT2D eigenvalue weighted by Gasteiger charge is -2.36. The number of amides is 1. The van der Waals surface area contributed by atoms with Gasteiger partial charge in [0.15, 0.2) is 0 Å². The zero-order chi connectivity index (χ0) is 10.8. The molecule has 0 aromatic carbocycles. The summed E-state index contributed by atoms with van der Waals surface area (Å²) in [6.07, 6.45) is 1.79. The Morgan fingerprint density at radius 3 is 2.50 bits per heavy atom. The van der Waals surface area contributed by atoms with E-state index in [1.54, 1.807) is 0 Å². The number of carbonyl (C=O) groups excluding carboxylic acids is 1. The molecular weight excluding hydrogens is 180 g/mol. The van der Waals surface area contributed by atoms with Crippen molar-refractivity contribution in [2.45, 2.75) is 45.3 Å². The van der Waals surface area contributed by atoms with Gasteiger partial charge in [0.05, 0.1) is 0 Å². The zero-order valence-corrected chi connectivity index (χ0v) is 9.17. The molecule has 1 saturated carbocycles. The predicted octanol–water partition coefficient (Wildman–Crippen LogP) is 1.25. The summed E-state index contributed by atoms with van der Waals surface area (Å²) < 4.78 is 5.15. The maximum atomic E-state index is 11.3. The molecule has 14 heavy (non-hydrogen) atoms. The van der Waals surface area contributed by atoms with Crippen molar-refractivity contribution in [3.05, 3.63) is 0 Å². The van der Waals surface area contributed by atoms with Gasteiger partial charge in [0, 0.05) is 6.04 Å². The first-order chi connectivity index (χ1) is 6.42. The van der Waals surface area contributed by atoms with Crippen LogP contribution in [0.5, 0.6) is 0 Å². The molecule has 3 N–H and O–H groups in total. The number of alkyl carbamates (subject to hydrolysis) is 1. The largest absolute Gasteiger partial charge is 0.444 e. The fourth-order valence-electron chi connectivity index (χ4n) is 1.50. The maximum absolute atomic E-state index is 11.3. The lowest BCUT2D eigenvalue weighted by molar-refractivity contribution is 0.0441. The van der Waals surface area contributed by atoms with Crippen molar-refractivity contribution in [3.63, 3.8) is 0 Å². The molecule has 2 atom stereocenters. The number of carbonyl (C=O) groups is 1. The molecule has 0 radical (unpaired) electrons. The van der Waals surface area contributed by atoms with Gasteiger partial charge in [-0.1, -0.05) is 0 Å². The summed E-state index contributed by atoms with van der Waals surface area (Å²) in [6.45, 7) is 6.20. The minimum absolute atomic E-state index is 0.217. The van der Waals surface area contributed by atoms with Gasteiger partial charge >= 0.3 is 6.09 Å². The van der Waals surface area contributed by atoms with Gasteiger partial charge < -0.3 is 15.8 Å². The van der Waals surface area contributed by atoms with Crippen molar-refractivity contribution in [1.82, 2.24) is 5.32 Å². The van der Waals surface area contributed by atoms with Gasteiger partial charge in [-0.3, -0.25) is 0 Å². The van der Waals surface area contributed by atoms with Gasteiger partial charge in [0.2, 0.25) is 0 Å². The molecule has 0 aromatic rings. The molecule has 0 aliphatic heterocycles. The van der Waals surface area contributed by atoms with Gasteiger partial charge in [0.25, 0.3) is 0 Å². The molecular formula is C10H20N2O2. The third-order valence-corrected chi connectivity index (χ3v) is 2.42. The molecule has 4 nitrogen and oxygen atoms in total. The van der Waals surface area contributed by atoms with Crippen molar-refractivity contribution >= 4 is 6.09 Å². The minimum Gasteiger partial charge on any atom is -0.444 e. The standard InChI is InChI=1S/C10H20N2O2/c1-10(2,3)14-9(13)12-8-5-4-7(8)6-11/h7-8H,4-6,11H2,1-3H3,(H,12,13)/t7-,8+/m1/s1. The minimum atomic E-state index is -0.425. The SMILES string of the molecule is CC(C)(C)OC(=O)N[C@H]1CC[C@@H]1CN. The van der Waals surface area contributed by atoms with Crippen LogP contribution in [-0.2, 0) is 4.74 Å². The summed E-state index contributed by atoms with van der Waals surface area (Å²) in [7, 11) is 0. The molecule has 4 heteroatoms. The van der Waals surface area contributed by atoms with Gasteiger partial charge in [-0.15, -0.1) is 0 Å². The van der Waals surface area contributed by atoms with Gasteiger partial charge in [-0.05, 0) is 46.1 Å². The first-order valence-corrected chi connectivity index (χ1v) is 5.12. The van der Waals surface area contributed by atoms with Crippen LogP contribution in [0.1, 0.15) is 33.6 Å². The van der Waals surface area contributed by atoms with Crippen LogP contribution in [0.3, 0.4) is 0 Å². The number of hydrogen-bond donors (Lipinski definition) is 2. The van der Waals surface area contributed by atoms with Gasteiger partial charge in [-0.2, -0.15) is 0 Å². The lowest BCUT2D eigenvalue weighted by Crippen LogP contribution is -2.50. The van der Waals surface area contributed by atoms with Crippen molar-refractivity contribution in [2.75, 3.05) is 6.54 Å². The molecule has 1 amide bonds. The van der Waals surface area contributed by atoms with E-state index in [0.29, 0.717) is 12.5 Å². The molecule has 1 fully saturated rings. The molecule has 0 spiro atoms. The molecule has 1 aliphatic carbocycles. The normalized spacial score (nSPS) is 26.6. The fraction of sp³-hybridized carbons (Fsp3) is 0.900. The molecule has 0 unspecified atom stereocenters. The highest BCUT2D eigenvalue weighted by atomic mass is 16.6. The Hall–Kier alpha value is -0.770. The molecule has 0 heterocycles. The van der Waals surface area contributed by atoms with Crippen LogP contribution < -0.4 is 11.1 Å². The van der Waals surface area contributed by atoms with E-state index >= 15 is 0 Å². The summed E-state index contributed by atoms with van der Waals surface area (Å²) >= 11 is 0. The van der Waals surface area contributed by atoms with E-state index in [9.17, 15) is 4.79 Å². The van der Waals surface area contributed by atoms with Crippen LogP contribution in [0.15, 0.2) is 0 Å². The third kappa shape index (κ3) is 3.18. The molecule has 82 valence electrons. The fourth-order valence-corrected chi connectivity index (χ4v) is 1.50. The van der Waals surface area contributed by atoms with Gasteiger partial charge in [0.1, 0.15) is 5.60 Å². The topological polar surface area (TPSA) is 64.3 Å². The molecule has 0 aromatic heterocycles. The molecule has 0 saturated heterocycles. The van der Waals surface area contributed by atoms with Crippen LogP contribution in [-0.4, -0.2) is 24.3 Å².